The number of rotatable bonds is 3. The molecule has 2 unspecified atom stereocenters. The molecule has 1 aromatic heterocycles. The summed E-state index contributed by atoms with van der Waals surface area (Å²) >= 11 is 0. The van der Waals surface area contributed by atoms with Gasteiger partial charge in [0.05, 0.1) is 5.52 Å². The molecule has 0 saturated heterocycles. The van der Waals surface area contributed by atoms with Gasteiger partial charge in [0.1, 0.15) is 0 Å². The number of aromatic nitrogens is 1. The summed E-state index contributed by atoms with van der Waals surface area (Å²) in [4.78, 5) is 4.69. The molecule has 1 aromatic carbocycles. The lowest BCUT2D eigenvalue weighted by molar-refractivity contribution is 0.541. The molecule has 0 aliphatic rings. The number of pyridine rings is 1. The third kappa shape index (κ3) is 2.07. The molecule has 2 aromatic rings. The van der Waals surface area contributed by atoms with Crippen molar-refractivity contribution in [2.45, 2.75) is 32.2 Å². The number of hydrogen-bond donors (Lipinski definition) is 1. The maximum Gasteiger partial charge on any atom is 0.0705 e. The third-order valence-electron chi connectivity index (χ3n) is 3.07. The fourth-order valence-electron chi connectivity index (χ4n) is 2.14. The standard InChI is InChI=1S/C14H18N2/c1-3-12(10(2)15)14-9-8-11-6-4-5-7-13(11)16-14/h4-10,12H,3,15H2,1-2H3. The first kappa shape index (κ1) is 11.1. The number of nitrogens with two attached hydrogens (primary N) is 1. The van der Waals surface area contributed by atoms with Gasteiger partial charge in [-0.1, -0.05) is 31.2 Å². The molecule has 0 fully saturated rings. The van der Waals surface area contributed by atoms with E-state index in [4.69, 9.17) is 5.73 Å². The zero-order valence-corrected chi connectivity index (χ0v) is 9.85. The van der Waals surface area contributed by atoms with Gasteiger partial charge in [0.15, 0.2) is 0 Å². The van der Waals surface area contributed by atoms with Crippen LogP contribution < -0.4 is 5.73 Å². The quantitative estimate of drug-likeness (QED) is 0.852. The lowest BCUT2D eigenvalue weighted by Gasteiger charge is -2.18. The lowest BCUT2D eigenvalue weighted by atomic mass is 9.94. The van der Waals surface area contributed by atoms with Crippen LogP contribution in [0, 0.1) is 0 Å². The second-order valence-electron chi connectivity index (χ2n) is 4.30. The highest BCUT2D eigenvalue weighted by atomic mass is 14.7. The van der Waals surface area contributed by atoms with E-state index in [0.717, 1.165) is 17.6 Å². The number of hydrogen-bond acceptors (Lipinski definition) is 2. The zero-order valence-electron chi connectivity index (χ0n) is 9.85. The van der Waals surface area contributed by atoms with Crippen molar-refractivity contribution in [1.82, 2.24) is 4.98 Å². The number of fused-ring (bicyclic) bond motifs is 1. The van der Waals surface area contributed by atoms with Crippen LogP contribution in [0.4, 0.5) is 0 Å². The first-order valence-electron chi connectivity index (χ1n) is 5.83. The van der Waals surface area contributed by atoms with E-state index in [1.165, 1.54) is 5.39 Å². The smallest absolute Gasteiger partial charge is 0.0705 e. The van der Waals surface area contributed by atoms with E-state index in [2.05, 4.69) is 30.1 Å². The topological polar surface area (TPSA) is 38.9 Å². The summed E-state index contributed by atoms with van der Waals surface area (Å²) in [5.41, 5.74) is 8.15. The normalized spacial score (nSPS) is 14.9. The second-order valence-corrected chi connectivity index (χ2v) is 4.30. The van der Waals surface area contributed by atoms with Crippen LogP contribution in [-0.4, -0.2) is 11.0 Å². The molecule has 84 valence electrons. The first-order chi connectivity index (χ1) is 7.72. The average molecular weight is 214 g/mol. The molecule has 0 spiro atoms. The van der Waals surface area contributed by atoms with Gasteiger partial charge in [-0.05, 0) is 25.5 Å². The fourth-order valence-corrected chi connectivity index (χ4v) is 2.14. The monoisotopic (exact) mass is 214 g/mol. The van der Waals surface area contributed by atoms with E-state index in [0.29, 0.717) is 5.92 Å². The molecule has 0 saturated carbocycles. The van der Waals surface area contributed by atoms with Crippen LogP contribution in [0.3, 0.4) is 0 Å². The van der Waals surface area contributed by atoms with Crippen LogP contribution in [0.25, 0.3) is 10.9 Å². The Balaban J connectivity index is 2.45. The van der Waals surface area contributed by atoms with E-state index in [1.54, 1.807) is 0 Å². The molecule has 2 nitrogen and oxygen atoms in total. The molecular formula is C14H18N2. The minimum Gasteiger partial charge on any atom is -0.327 e. The summed E-state index contributed by atoms with van der Waals surface area (Å²) in [5.74, 6) is 0.351. The lowest BCUT2D eigenvalue weighted by Crippen LogP contribution is -2.24. The number of benzene rings is 1. The Morgan fingerprint density at radius 2 is 1.94 bits per heavy atom. The second kappa shape index (κ2) is 4.62. The minimum absolute atomic E-state index is 0.152. The van der Waals surface area contributed by atoms with Gasteiger partial charge in [-0.25, -0.2) is 0 Å². The van der Waals surface area contributed by atoms with Crippen LogP contribution in [-0.2, 0) is 0 Å². The Kier molecular flexibility index (Phi) is 3.20. The highest BCUT2D eigenvalue weighted by Gasteiger charge is 2.15. The van der Waals surface area contributed by atoms with Crippen molar-refractivity contribution < 1.29 is 0 Å². The van der Waals surface area contributed by atoms with E-state index in [1.807, 2.05) is 25.1 Å². The van der Waals surface area contributed by atoms with Crippen LogP contribution >= 0.6 is 0 Å². The van der Waals surface area contributed by atoms with E-state index >= 15 is 0 Å². The Morgan fingerprint density at radius 1 is 1.19 bits per heavy atom. The van der Waals surface area contributed by atoms with Gasteiger partial charge < -0.3 is 5.73 Å². The van der Waals surface area contributed by atoms with E-state index in [-0.39, 0.29) is 6.04 Å². The van der Waals surface area contributed by atoms with Crippen molar-refractivity contribution in [2.24, 2.45) is 5.73 Å². The Morgan fingerprint density at radius 3 is 2.62 bits per heavy atom. The molecule has 16 heavy (non-hydrogen) atoms. The van der Waals surface area contributed by atoms with E-state index < -0.39 is 0 Å². The van der Waals surface area contributed by atoms with Crippen LogP contribution in [0.5, 0.6) is 0 Å². The zero-order chi connectivity index (χ0) is 11.5. The number of para-hydroxylation sites is 1. The SMILES string of the molecule is CCC(c1ccc2ccccc2n1)C(C)N. The largest absolute Gasteiger partial charge is 0.327 e. The van der Waals surface area contributed by atoms with Crippen LogP contribution in [0.15, 0.2) is 36.4 Å². The van der Waals surface area contributed by atoms with Crippen LogP contribution in [0.2, 0.25) is 0 Å². The van der Waals surface area contributed by atoms with Gasteiger partial charge in [-0.2, -0.15) is 0 Å². The molecule has 2 heteroatoms. The molecule has 1 heterocycles. The first-order valence-corrected chi connectivity index (χ1v) is 5.83. The maximum absolute atomic E-state index is 5.98. The number of nitrogens with zero attached hydrogens (tertiary/aromatic N) is 1. The molecule has 0 bridgehead atoms. The van der Waals surface area contributed by atoms with Crippen molar-refractivity contribution in [3.8, 4) is 0 Å². The van der Waals surface area contributed by atoms with Gasteiger partial charge >= 0.3 is 0 Å². The average Bonchev–Trinajstić information content (AvgIpc) is 2.29. The molecule has 2 atom stereocenters. The molecular weight excluding hydrogens is 196 g/mol. The van der Waals surface area contributed by atoms with Crippen LogP contribution in [0.1, 0.15) is 31.9 Å². The Hall–Kier alpha value is -1.41. The van der Waals surface area contributed by atoms with Gasteiger partial charge in [0.2, 0.25) is 0 Å². The summed E-state index contributed by atoms with van der Waals surface area (Å²) in [7, 11) is 0. The summed E-state index contributed by atoms with van der Waals surface area (Å²) in [5, 5.41) is 1.19. The van der Waals surface area contributed by atoms with E-state index in [9.17, 15) is 0 Å². The third-order valence-corrected chi connectivity index (χ3v) is 3.07. The van der Waals surface area contributed by atoms with Gasteiger partial charge in [-0.15, -0.1) is 0 Å². The van der Waals surface area contributed by atoms with Gasteiger partial charge in [0.25, 0.3) is 0 Å². The molecule has 0 aliphatic carbocycles. The Labute approximate surface area is 96.5 Å². The molecule has 0 amide bonds. The highest BCUT2D eigenvalue weighted by molar-refractivity contribution is 5.78. The van der Waals surface area contributed by atoms with Crippen molar-refractivity contribution >= 4 is 10.9 Å². The summed E-state index contributed by atoms with van der Waals surface area (Å²) in [6.07, 6.45) is 1.03. The molecule has 2 rings (SSSR count). The molecule has 2 N–H and O–H groups in total. The Bertz CT molecular complexity index is 477. The van der Waals surface area contributed by atoms with Gasteiger partial charge in [0, 0.05) is 23.0 Å². The summed E-state index contributed by atoms with van der Waals surface area (Å²) in [6.45, 7) is 4.20. The molecule has 0 aliphatic heterocycles. The highest BCUT2D eigenvalue weighted by Crippen LogP contribution is 2.22. The van der Waals surface area contributed by atoms with Crippen molar-refractivity contribution in [1.29, 1.82) is 0 Å². The van der Waals surface area contributed by atoms with Crippen molar-refractivity contribution in [3.63, 3.8) is 0 Å². The van der Waals surface area contributed by atoms with Crippen molar-refractivity contribution in [3.05, 3.63) is 42.1 Å². The maximum atomic E-state index is 5.98. The van der Waals surface area contributed by atoms with Gasteiger partial charge in [-0.3, -0.25) is 4.98 Å². The predicted octanol–water partition coefficient (Wildman–Crippen LogP) is 3.08. The fraction of sp³-hybridized carbons (Fsp3) is 0.357. The van der Waals surface area contributed by atoms with Crippen molar-refractivity contribution in [2.75, 3.05) is 0 Å². The predicted molar refractivity (Wildman–Crippen MR) is 68.4 cm³/mol. The summed E-state index contributed by atoms with van der Waals surface area (Å²) in [6, 6.07) is 12.6. The molecule has 0 radical (unpaired) electrons. The summed E-state index contributed by atoms with van der Waals surface area (Å²) < 4.78 is 0. The minimum atomic E-state index is 0.152.